The van der Waals surface area contributed by atoms with Crippen LogP contribution in [0.2, 0.25) is 0 Å². The lowest BCUT2D eigenvalue weighted by molar-refractivity contribution is 0.174. The Labute approximate surface area is 175 Å². The number of rotatable bonds is 7. The lowest BCUT2D eigenvalue weighted by Gasteiger charge is -2.10. The zero-order valence-corrected chi connectivity index (χ0v) is 17.7. The lowest BCUT2D eigenvalue weighted by Crippen LogP contribution is -2.07. The van der Waals surface area contributed by atoms with Crippen molar-refractivity contribution >= 4 is 39.6 Å². The topological polar surface area (TPSA) is 88.1 Å². The summed E-state index contributed by atoms with van der Waals surface area (Å²) in [6.07, 6.45) is 4.10. The first-order chi connectivity index (χ1) is 13.6. The van der Waals surface area contributed by atoms with E-state index in [0.717, 1.165) is 52.1 Å². The average Bonchev–Trinajstić information content (AvgIpc) is 3.24. The maximum Gasteiger partial charge on any atom is 0.312 e. The smallest absolute Gasteiger partial charge is 0.312 e. The van der Waals surface area contributed by atoms with Crippen LogP contribution in [0.3, 0.4) is 0 Å². The quantitative estimate of drug-likeness (QED) is 0.301. The number of aryl methyl sites for hydroxylation is 1. The number of nitrogens with two attached hydrogens (primary N) is 1. The molecular weight excluding hydrogens is 476 g/mol. The number of hydrogen-bond donors (Lipinski definition) is 1. The van der Waals surface area contributed by atoms with E-state index >= 15 is 0 Å². The van der Waals surface area contributed by atoms with E-state index in [1.807, 2.05) is 16.7 Å². The van der Waals surface area contributed by atoms with Crippen LogP contribution in [0, 0.1) is 9.65 Å². The number of nitrogens with zero attached hydrogens (tertiary/aromatic N) is 4. The third-order valence-electron chi connectivity index (χ3n) is 4.80. The fourth-order valence-corrected chi connectivity index (χ4v) is 4.00. The molecule has 0 fully saturated rings. The van der Waals surface area contributed by atoms with E-state index in [-0.39, 0.29) is 12.6 Å². The van der Waals surface area contributed by atoms with E-state index in [4.69, 9.17) is 15.2 Å². The van der Waals surface area contributed by atoms with Crippen LogP contribution in [0.5, 0.6) is 11.5 Å². The summed E-state index contributed by atoms with van der Waals surface area (Å²) in [5, 5.41) is 0. The van der Waals surface area contributed by atoms with Gasteiger partial charge in [0.05, 0.1) is 0 Å². The molecule has 0 saturated carbocycles. The average molecular weight is 497 g/mol. The second-order valence-corrected chi connectivity index (χ2v) is 7.93. The predicted molar refractivity (Wildman–Crippen MR) is 112 cm³/mol. The monoisotopic (exact) mass is 497 g/mol. The zero-order chi connectivity index (χ0) is 19.7. The Hall–Kier alpha value is -2.17. The van der Waals surface area contributed by atoms with Gasteiger partial charge in [0.25, 0.3) is 0 Å². The molecule has 0 unspecified atom stereocenters. The summed E-state index contributed by atoms with van der Waals surface area (Å²) >= 11 is 2.28. The summed E-state index contributed by atoms with van der Waals surface area (Å²) in [7, 11) is 0. The summed E-state index contributed by atoms with van der Waals surface area (Å²) in [5.41, 5.74) is 7.86. The first-order valence-electron chi connectivity index (χ1n) is 9.33. The number of nitrogen functional groups attached to an aromatic ring is 1. The normalized spacial score (nSPS) is 12.8. The Morgan fingerprint density at radius 1 is 1.14 bits per heavy atom. The number of unbranched alkanes of at least 4 members (excludes halogenated alkanes) is 3. The Morgan fingerprint density at radius 2 is 1.93 bits per heavy atom. The SMILES string of the molecule is CCCCCCn1c(Cc2cc3c(cc2I)OCO3)nc2c(N)nc(F)nc21. The minimum absolute atomic E-state index is 0.0661. The number of anilines is 1. The third-order valence-corrected chi connectivity index (χ3v) is 5.80. The summed E-state index contributed by atoms with van der Waals surface area (Å²) in [5.74, 6) is 2.33. The molecule has 0 radical (unpaired) electrons. The summed E-state index contributed by atoms with van der Waals surface area (Å²) < 4.78 is 27.8. The molecule has 0 atom stereocenters. The number of hydrogen-bond acceptors (Lipinski definition) is 6. The number of aromatic nitrogens is 4. The molecule has 3 aromatic rings. The molecule has 1 aliphatic heterocycles. The molecule has 3 heterocycles. The Balaban J connectivity index is 1.72. The van der Waals surface area contributed by atoms with Gasteiger partial charge in [0.2, 0.25) is 6.79 Å². The maximum absolute atomic E-state index is 13.8. The van der Waals surface area contributed by atoms with E-state index in [2.05, 4.69) is 44.5 Å². The largest absolute Gasteiger partial charge is 0.454 e. The highest BCUT2D eigenvalue weighted by atomic mass is 127. The van der Waals surface area contributed by atoms with Crippen molar-refractivity contribution in [2.45, 2.75) is 45.6 Å². The van der Waals surface area contributed by atoms with Gasteiger partial charge >= 0.3 is 6.08 Å². The Morgan fingerprint density at radius 3 is 2.71 bits per heavy atom. The first-order valence-corrected chi connectivity index (χ1v) is 10.4. The minimum atomic E-state index is -0.830. The molecule has 148 valence electrons. The fourth-order valence-electron chi connectivity index (χ4n) is 3.37. The van der Waals surface area contributed by atoms with E-state index in [9.17, 15) is 4.39 Å². The van der Waals surface area contributed by atoms with E-state index in [1.165, 1.54) is 0 Å². The van der Waals surface area contributed by atoms with Gasteiger partial charge in [0, 0.05) is 16.5 Å². The molecule has 2 N–H and O–H groups in total. The van der Waals surface area contributed by atoms with E-state index in [0.29, 0.717) is 24.1 Å². The van der Waals surface area contributed by atoms with Crippen molar-refractivity contribution < 1.29 is 13.9 Å². The van der Waals surface area contributed by atoms with Gasteiger partial charge in [-0.2, -0.15) is 14.4 Å². The third kappa shape index (κ3) is 3.71. The molecule has 7 nitrogen and oxygen atoms in total. The second-order valence-electron chi connectivity index (χ2n) is 6.76. The first kappa shape index (κ1) is 19.2. The molecule has 1 aliphatic rings. The molecule has 4 rings (SSSR count). The summed E-state index contributed by atoms with van der Waals surface area (Å²) in [4.78, 5) is 12.3. The molecule has 0 bridgehead atoms. The van der Waals surface area contributed by atoms with Crippen molar-refractivity contribution in [1.29, 1.82) is 0 Å². The molecule has 28 heavy (non-hydrogen) atoms. The van der Waals surface area contributed by atoms with Gasteiger partial charge in [0.15, 0.2) is 28.5 Å². The molecule has 0 saturated heterocycles. The number of ether oxygens (including phenoxy) is 2. The van der Waals surface area contributed by atoms with Gasteiger partial charge in [-0.05, 0) is 46.7 Å². The molecule has 2 aromatic heterocycles. The van der Waals surface area contributed by atoms with Crippen molar-refractivity contribution in [1.82, 2.24) is 19.5 Å². The van der Waals surface area contributed by atoms with Crippen molar-refractivity contribution in [3.8, 4) is 11.5 Å². The van der Waals surface area contributed by atoms with Gasteiger partial charge in [-0.1, -0.05) is 26.2 Å². The molecule has 0 spiro atoms. The van der Waals surface area contributed by atoms with Crippen LogP contribution in [0.15, 0.2) is 12.1 Å². The summed E-state index contributed by atoms with van der Waals surface area (Å²) in [6, 6.07) is 3.93. The van der Waals surface area contributed by atoms with Crippen molar-refractivity contribution in [2.75, 3.05) is 12.5 Å². The second kappa shape index (κ2) is 8.06. The number of imidazole rings is 1. The fraction of sp³-hybridized carbons (Fsp3) is 0.421. The molecular formula is C19H21FIN5O2. The van der Waals surface area contributed by atoms with Crippen LogP contribution in [0.25, 0.3) is 11.2 Å². The highest BCUT2D eigenvalue weighted by Crippen LogP contribution is 2.36. The van der Waals surface area contributed by atoms with Crippen LogP contribution in [-0.4, -0.2) is 26.3 Å². The standard InChI is InChI=1S/C19H21FIN5O2/c1-2-3-4-5-6-26-15(23-16-17(22)24-19(20)25-18(16)26)8-11-7-13-14(9-12(11)21)28-10-27-13/h7,9H,2-6,8,10H2,1H3,(H2,22,24,25). The van der Waals surface area contributed by atoms with Crippen LogP contribution in [0.4, 0.5) is 10.2 Å². The Bertz CT molecular complexity index is 1020. The van der Waals surface area contributed by atoms with Gasteiger partial charge < -0.3 is 19.8 Å². The van der Waals surface area contributed by atoms with Crippen LogP contribution in [-0.2, 0) is 13.0 Å². The molecule has 1 aromatic carbocycles. The molecule has 0 amide bonds. The highest BCUT2D eigenvalue weighted by Gasteiger charge is 2.20. The van der Waals surface area contributed by atoms with Crippen LogP contribution >= 0.6 is 22.6 Å². The van der Waals surface area contributed by atoms with E-state index < -0.39 is 6.08 Å². The van der Waals surface area contributed by atoms with Gasteiger partial charge in [-0.15, -0.1) is 0 Å². The number of benzene rings is 1. The van der Waals surface area contributed by atoms with Crippen LogP contribution in [0.1, 0.15) is 44.0 Å². The Kier molecular flexibility index (Phi) is 5.51. The van der Waals surface area contributed by atoms with E-state index in [1.54, 1.807) is 0 Å². The number of halogens is 2. The lowest BCUT2D eigenvalue weighted by atomic mass is 10.1. The van der Waals surface area contributed by atoms with Gasteiger partial charge in [0.1, 0.15) is 5.82 Å². The number of fused-ring (bicyclic) bond motifs is 2. The predicted octanol–water partition coefficient (Wildman–Crippen LogP) is 4.05. The van der Waals surface area contributed by atoms with Crippen molar-refractivity contribution in [3.05, 3.63) is 33.2 Å². The minimum Gasteiger partial charge on any atom is -0.454 e. The van der Waals surface area contributed by atoms with Crippen molar-refractivity contribution in [2.24, 2.45) is 0 Å². The van der Waals surface area contributed by atoms with Gasteiger partial charge in [-0.25, -0.2) is 4.98 Å². The van der Waals surface area contributed by atoms with Crippen molar-refractivity contribution in [3.63, 3.8) is 0 Å². The molecule has 9 heteroatoms. The molecule has 0 aliphatic carbocycles. The summed E-state index contributed by atoms with van der Waals surface area (Å²) in [6.45, 7) is 3.11. The maximum atomic E-state index is 13.8. The zero-order valence-electron chi connectivity index (χ0n) is 15.5. The van der Waals surface area contributed by atoms with Crippen LogP contribution < -0.4 is 15.2 Å². The van der Waals surface area contributed by atoms with Gasteiger partial charge in [-0.3, -0.25) is 0 Å². The highest BCUT2D eigenvalue weighted by molar-refractivity contribution is 14.1.